The summed E-state index contributed by atoms with van der Waals surface area (Å²) in [7, 11) is 0. The third kappa shape index (κ3) is 2.94. The van der Waals surface area contributed by atoms with Crippen LogP contribution in [0.25, 0.3) is 0 Å². The second-order valence-electron chi connectivity index (χ2n) is 5.30. The minimum absolute atomic E-state index is 0.261. The number of carbonyl (C=O) groups excluding carboxylic acids is 1. The molecule has 2 rings (SSSR count). The maximum Gasteiger partial charge on any atom is 0.227 e. The van der Waals surface area contributed by atoms with Crippen molar-refractivity contribution in [1.29, 1.82) is 0 Å². The molecule has 0 atom stereocenters. The number of benzene rings is 1. The van der Waals surface area contributed by atoms with Crippen LogP contribution in [0, 0.1) is 5.92 Å². The fraction of sp³-hybridized carbons (Fsp3) is 0.533. The molecule has 0 aliphatic carbocycles. The van der Waals surface area contributed by atoms with Gasteiger partial charge in [-0.15, -0.1) is 0 Å². The van der Waals surface area contributed by atoms with Gasteiger partial charge in [-0.3, -0.25) is 4.79 Å². The second-order valence-corrected chi connectivity index (χ2v) is 6.09. The normalized spacial score (nSPS) is 14.1. The van der Waals surface area contributed by atoms with E-state index < -0.39 is 0 Å². The number of rotatable bonds is 4. The monoisotopic (exact) mass is 309 g/mol. The third-order valence-corrected chi connectivity index (χ3v) is 3.70. The molecule has 1 aliphatic rings. The number of nitrogens with zero attached hydrogens (tertiary/aromatic N) is 1. The number of halogens is 1. The molecule has 98 valence electrons. The van der Waals surface area contributed by atoms with Crippen LogP contribution in [0.2, 0.25) is 0 Å². The first-order valence-corrected chi connectivity index (χ1v) is 7.72. The number of alkyl halides is 1. The average molecular weight is 310 g/mol. The lowest BCUT2D eigenvalue weighted by atomic mass is 10.1. The number of hydrogen-bond acceptors (Lipinski definition) is 1. The second kappa shape index (κ2) is 5.87. The third-order valence-electron chi connectivity index (χ3n) is 3.31. The van der Waals surface area contributed by atoms with Gasteiger partial charge >= 0.3 is 0 Å². The van der Waals surface area contributed by atoms with Crippen molar-refractivity contribution in [1.82, 2.24) is 0 Å². The number of aryl methyl sites for hydroxylation is 1. The molecule has 0 saturated carbocycles. The van der Waals surface area contributed by atoms with Gasteiger partial charge in [0.05, 0.1) is 0 Å². The summed E-state index contributed by atoms with van der Waals surface area (Å²) < 4.78 is 0. The van der Waals surface area contributed by atoms with Crippen LogP contribution >= 0.6 is 15.9 Å². The van der Waals surface area contributed by atoms with Gasteiger partial charge in [-0.25, -0.2) is 0 Å². The molecule has 0 N–H and O–H groups in total. The molecule has 0 radical (unpaired) electrons. The van der Waals surface area contributed by atoms with Crippen LogP contribution in [0.1, 0.15) is 31.4 Å². The van der Waals surface area contributed by atoms with E-state index in [1.54, 1.807) is 0 Å². The summed E-state index contributed by atoms with van der Waals surface area (Å²) >= 11 is 3.46. The number of carbonyl (C=O) groups is 1. The summed E-state index contributed by atoms with van der Waals surface area (Å²) in [5.74, 6) is 0.686. The molecule has 18 heavy (non-hydrogen) atoms. The fourth-order valence-electron chi connectivity index (χ4n) is 2.44. The highest BCUT2D eigenvalue weighted by atomic mass is 79.9. The standard InChI is InChI=1S/C15H20BrNO/c1-11(2)9-15(18)17-8-6-13-10-12(5-7-16)3-4-14(13)17/h3-4,10-11H,5-9H2,1-2H3. The van der Waals surface area contributed by atoms with Crippen molar-refractivity contribution in [3.05, 3.63) is 29.3 Å². The highest BCUT2D eigenvalue weighted by molar-refractivity contribution is 9.09. The smallest absolute Gasteiger partial charge is 0.227 e. The summed E-state index contributed by atoms with van der Waals surface area (Å²) in [5, 5.41) is 0.988. The van der Waals surface area contributed by atoms with Crippen molar-refractivity contribution in [2.75, 3.05) is 16.8 Å². The first-order chi connectivity index (χ1) is 8.61. The Morgan fingerprint density at radius 3 is 2.89 bits per heavy atom. The Morgan fingerprint density at radius 2 is 2.22 bits per heavy atom. The SMILES string of the molecule is CC(C)CC(=O)N1CCc2cc(CCBr)ccc21. The molecule has 1 aromatic carbocycles. The first kappa shape index (κ1) is 13.6. The highest BCUT2D eigenvalue weighted by Gasteiger charge is 2.24. The van der Waals surface area contributed by atoms with Crippen molar-refractivity contribution >= 4 is 27.5 Å². The van der Waals surface area contributed by atoms with E-state index in [0.717, 1.165) is 30.4 Å². The zero-order valence-corrected chi connectivity index (χ0v) is 12.7. The van der Waals surface area contributed by atoms with Crippen LogP contribution in [-0.4, -0.2) is 17.8 Å². The Kier molecular flexibility index (Phi) is 4.44. The number of amides is 1. The summed E-state index contributed by atoms with van der Waals surface area (Å²) in [5.41, 5.74) is 3.80. The molecule has 1 amide bonds. The van der Waals surface area contributed by atoms with E-state index in [2.05, 4.69) is 48.0 Å². The lowest BCUT2D eigenvalue weighted by Crippen LogP contribution is -2.29. The zero-order valence-electron chi connectivity index (χ0n) is 11.1. The number of anilines is 1. The molecule has 0 saturated heterocycles. The minimum Gasteiger partial charge on any atom is -0.312 e. The van der Waals surface area contributed by atoms with Crippen LogP contribution in [0.15, 0.2) is 18.2 Å². The molecule has 0 bridgehead atoms. The molecule has 0 aromatic heterocycles. The summed E-state index contributed by atoms with van der Waals surface area (Å²) in [6.07, 6.45) is 2.69. The largest absolute Gasteiger partial charge is 0.312 e. The van der Waals surface area contributed by atoms with E-state index in [1.165, 1.54) is 11.1 Å². The zero-order chi connectivity index (χ0) is 13.1. The van der Waals surface area contributed by atoms with Gasteiger partial charge in [0, 0.05) is 24.0 Å². The van der Waals surface area contributed by atoms with E-state index in [0.29, 0.717) is 12.3 Å². The Morgan fingerprint density at radius 1 is 1.44 bits per heavy atom. The molecule has 1 aliphatic heterocycles. The van der Waals surface area contributed by atoms with E-state index in [4.69, 9.17) is 0 Å². The van der Waals surface area contributed by atoms with E-state index in [1.807, 2.05) is 4.90 Å². The maximum atomic E-state index is 12.1. The molecular formula is C15H20BrNO. The van der Waals surface area contributed by atoms with Crippen LogP contribution < -0.4 is 4.90 Å². The summed E-state index contributed by atoms with van der Waals surface area (Å²) in [6.45, 7) is 5.03. The quantitative estimate of drug-likeness (QED) is 0.779. The van der Waals surface area contributed by atoms with E-state index >= 15 is 0 Å². The van der Waals surface area contributed by atoms with Gasteiger partial charge in [-0.2, -0.15) is 0 Å². The Hall–Kier alpha value is -0.830. The number of fused-ring (bicyclic) bond motifs is 1. The molecular weight excluding hydrogens is 290 g/mol. The van der Waals surface area contributed by atoms with E-state index in [-0.39, 0.29) is 5.91 Å². The Balaban J connectivity index is 2.16. The fourth-order valence-corrected chi connectivity index (χ4v) is 2.90. The lowest BCUT2D eigenvalue weighted by Gasteiger charge is -2.18. The predicted molar refractivity (Wildman–Crippen MR) is 79.5 cm³/mol. The van der Waals surface area contributed by atoms with Crippen molar-refractivity contribution in [2.24, 2.45) is 5.92 Å². The highest BCUT2D eigenvalue weighted by Crippen LogP contribution is 2.30. The molecule has 2 nitrogen and oxygen atoms in total. The molecule has 0 fully saturated rings. The van der Waals surface area contributed by atoms with Crippen molar-refractivity contribution in [3.63, 3.8) is 0 Å². The van der Waals surface area contributed by atoms with Gasteiger partial charge < -0.3 is 4.90 Å². The topological polar surface area (TPSA) is 20.3 Å². The Labute approximate surface area is 117 Å². The van der Waals surface area contributed by atoms with E-state index in [9.17, 15) is 4.79 Å². The lowest BCUT2D eigenvalue weighted by molar-refractivity contribution is -0.119. The van der Waals surface area contributed by atoms with Gasteiger partial charge in [0.15, 0.2) is 0 Å². The molecule has 0 unspecified atom stereocenters. The van der Waals surface area contributed by atoms with Gasteiger partial charge in [-0.05, 0) is 36.0 Å². The maximum absolute atomic E-state index is 12.1. The summed E-state index contributed by atoms with van der Waals surface area (Å²) in [6, 6.07) is 6.50. The van der Waals surface area contributed by atoms with Gasteiger partial charge in [0.1, 0.15) is 0 Å². The molecule has 1 aromatic rings. The van der Waals surface area contributed by atoms with Crippen molar-refractivity contribution < 1.29 is 4.79 Å². The van der Waals surface area contributed by atoms with Gasteiger partial charge in [0.2, 0.25) is 5.91 Å². The van der Waals surface area contributed by atoms with Gasteiger partial charge in [-0.1, -0.05) is 41.9 Å². The summed E-state index contributed by atoms with van der Waals surface area (Å²) in [4.78, 5) is 14.1. The number of hydrogen-bond donors (Lipinski definition) is 0. The van der Waals surface area contributed by atoms with Crippen molar-refractivity contribution in [2.45, 2.75) is 33.1 Å². The van der Waals surface area contributed by atoms with Crippen LogP contribution in [0.4, 0.5) is 5.69 Å². The van der Waals surface area contributed by atoms with Crippen LogP contribution in [0.5, 0.6) is 0 Å². The predicted octanol–water partition coefficient (Wildman–Crippen LogP) is 3.56. The average Bonchev–Trinajstić information content (AvgIpc) is 2.71. The van der Waals surface area contributed by atoms with Crippen LogP contribution in [-0.2, 0) is 17.6 Å². The molecule has 3 heteroatoms. The first-order valence-electron chi connectivity index (χ1n) is 6.60. The Bertz CT molecular complexity index is 442. The minimum atomic E-state index is 0.261. The van der Waals surface area contributed by atoms with Gasteiger partial charge in [0.25, 0.3) is 0 Å². The van der Waals surface area contributed by atoms with Crippen LogP contribution in [0.3, 0.4) is 0 Å². The van der Waals surface area contributed by atoms with Crippen molar-refractivity contribution in [3.8, 4) is 0 Å². The molecule has 0 spiro atoms. The molecule has 1 heterocycles.